The Morgan fingerprint density at radius 2 is 0.697 bits per heavy atom. The number of nitrogens with zero attached hydrogens (tertiary/aromatic N) is 5. The van der Waals surface area contributed by atoms with Crippen molar-refractivity contribution in [1.29, 1.82) is 0 Å². The van der Waals surface area contributed by atoms with Gasteiger partial charge in [-0.05, 0) is 159 Å². The van der Waals surface area contributed by atoms with E-state index in [2.05, 4.69) is 77.9 Å². The third kappa shape index (κ3) is 8.18. The summed E-state index contributed by atoms with van der Waals surface area (Å²) in [6, 6.07) is 52.0. The van der Waals surface area contributed by atoms with Gasteiger partial charge in [0, 0.05) is 38.2 Å². The summed E-state index contributed by atoms with van der Waals surface area (Å²) in [5.41, 5.74) is 13.0. The molecule has 0 radical (unpaired) electrons. The SMILES string of the molecule is Cc1cc(C)c(-c2ccc3c(c2)c2ccccc2n3-c2ccc(C(F)(F)F)cc2-c2nc(-c3ccccc3)nc(-c3cc(C(F)(F)F)ccc3-n3c4ccccc4c4cc(-c5c(C)cc(C)cc5C)ccc43)n2)c(C)c1. The lowest BCUT2D eigenvalue weighted by atomic mass is 9.93. The molecule has 12 rings (SSSR count). The first-order valence-electron chi connectivity index (χ1n) is 24.9. The van der Waals surface area contributed by atoms with E-state index >= 15 is 26.3 Å². The summed E-state index contributed by atoms with van der Waals surface area (Å²) in [5, 5.41) is 3.47. The van der Waals surface area contributed by atoms with Gasteiger partial charge in [-0.15, -0.1) is 0 Å². The van der Waals surface area contributed by atoms with Crippen molar-refractivity contribution in [3.63, 3.8) is 0 Å². The van der Waals surface area contributed by atoms with Crippen LogP contribution in [0, 0.1) is 41.5 Å². The van der Waals surface area contributed by atoms with Crippen LogP contribution in [0.1, 0.15) is 44.5 Å². The molecule has 0 aliphatic carbocycles. The van der Waals surface area contributed by atoms with Gasteiger partial charge in [0.15, 0.2) is 17.5 Å². The van der Waals surface area contributed by atoms with Gasteiger partial charge in [-0.2, -0.15) is 26.3 Å². The van der Waals surface area contributed by atoms with E-state index in [1.807, 2.05) is 81.9 Å². The van der Waals surface area contributed by atoms with Crippen LogP contribution in [0.5, 0.6) is 0 Å². The molecule has 3 heterocycles. The van der Waals surface area contributed by atoms with E-state index in [9.17, 15) is 0 Å². The number of benzene rings is 9. The largest absolute Gasteiger partial charge is 0.416 e. The van der Waals surface area contributed by atoms with Crippen LogP contribution in [0.2, 0.25) is 0 Å². The summed E-state index contributed by atoms with van der Waals surface area (Å²) in [6.07, 6.45) is -9.57. The Bertz CT molecular complexity index is 4030. The normalized spacial score (nSPS) is 12.2. The number of aromatic nitrogens is 5. The molecule has 5 nitrogen and oxygen atoms in total. The molecule has 0 atom stereocenters. The molecular formula is C65H47F6N5. The molecule has 0 spiro atoms. The highest BCUT2D eigenvalue weighted by molar-refractivity contribution is 6.12. The Balaban J connectivity index is 1.13. The van der Waals surface area contributed by atoms with E-state index in [4.69, 9.17) is 15.0 Å². The third-order valence-corrected chi connectivity index (χ3v) is 14.6. The monoisotopic (exact) mass is 1010 g/mol. The fraction of sp³-hybridized carbons (Fsp3) is 0.123. The third-order valence-electron chi connectivity index (χ3n) is 14.6. The Morgan fingerprint density at radius 1 is 0.329 bits per heavy atom. The number of halogens is 6. The minimum Gasteiger partial charge on any atom is -0.309 e. The standard InChI is InChI=1S/C65H47F6N5/c1-36-28-38(3)59(39(4)29-36)43-20-24-55-49(32-43)47-16-10-12-18-53(47)75(55)57-26-22-45(64(66,67)68)34-51(57)62-72-61(42-14-8-7-9-15-42)73-63(74-62)52-35-46(65(69,70)71)23-27-58(52)76-54-19-13-11-17-48(54)50-33-44(21-25-56(50)76)60-40(5)30-37(2)31-41(60)6/h7-35H,1-6H3. The van der Waals surface area contributed by atoms with Gasteiger partial charge >= 0.3 is 12.4 Å². The van der Waals surface area contributed by atoms with Gasteiger partial charge in [-0.1, -0.05) is 114 Å². The molecule has 3 aromatic heterocycles. The molecule has 0 aliphatic heterocycles. The zero-order chi connectivity index (χ0) is 52.9. The smallest absolute Gasteiger partial charge is 0.309 e. The Labute approximate surface area is 434 Å². The average Bonchev–Trinajstić information content (AvgIpc) is 3.94. The van der Waals surface area contributed by atoms with Crippen molar-refractivity contribution in [3.8, 4) is 67.8 Å². The number of alkyl halides is 6. The molecule has 0 unspecified atom stereocenters. The van der Waals surface area contributed by atoms with Crippen molar-refractivity contribution in [2.75, 3.05) is 0 Å². The molecule has 0 fully saturated rings. The van der Waals surface area contributed by atoms with E-state index in [0.29, 0.717) is 39.0 Å². The maximum absolute atomic E-state index is 15.1. The minimum atomic E-state index is -4.79. The summed E-state index contributed by atoms with van der Waals surface area (Å²) >= 11 is 0. The highest BCUT2D eigenvalue weighted by Crippen LogP contribution is 2.44. The van der Waals surface area contributed by atoms with Crippen LogP contribution in [0.3, 0.4) is 0 Å². The molecule has 9 aromatic carbocycles. The van der Waals surface area contributed by atoms with Gasteiger partial charge in [0.05, 0.1) is 44.6 Å². The molecule has 11 heteroatoms. The first-order chi connectivity index (χ1) is 36.4. The van der Waals surface area contributed by atoms with E-state index in [-0.39, 0.29) is 28.6 Å². The maximum atomic E-state index is 15.1. The fourth-order valence-corrected chi connectivity index (χ4v) is 11.6. The van der Waals surface area contributed by atoms with E-state index in [1.54, 1.807) is 30.3 Å². The van der Waals surface area contributed by atoms with Crippen LogP contribution in [0.15, 0.2) is 176 Å². The predicted octanol–water partition coefficient (Wildman–Crippen LogP) is 18.3. The van der Waals surface area contributed by atoms with Gasteiger partial charge < -0.3 is 9.13 Å². The molecule has 0 bridgehead atoms. The number of hydrogen-bond acceptors (Lipinski definition) is 3. The molecule has 374 valence electrons. The Kier molecular flexibility index (Phi) is 11.4. The van der Waals surface area contributed by atoms with Crippen LogP contribution in [0.25, 0.3) is 111 Å². The molecule has 0 N–H and O–H groups in total. The number of para-hydroxylation sites is 2. The van der Waals surface area contributed by atoms with Crippen molar-refractivity contribution >= 4 is 43.6 Å². The summed E-state index contributed by atoms with van der Waals surface area (Å²) in [5.74, 6) is -0.284. The summed E-state index contributed by atoms with van der Waals surface area (Å²) in [4.78, 5) is 14.8. The molecule has 0 amide bonds. The molecule has 0 saturated carbocycles. The molecule has 12 aromatic rings. The van der Waals surface area contributed by atoms with Gasteiger partial charge in [-0.25, -0.2) is 15.0 Å². The predicted molar refractivity (Wildman–Crippen MR) is 294 cm³/mol. The molecule has 0 saturated heterocycles. The summed E-state index contributed by atoms with van der Waals surface area (Å²) in [6.45, 7) is 12.5. The van der Waals surface area contributed by atoms with Crippen LogP contribution in [-0.4, -0.2) is 24.1 Å². The molecular weight excluding hydrogens is 965 g/mol. The summed E-state index contributed by atoms with van der Waals surface area (Å²) in [7, 11) is 0. The lowest BCUT2D eigenvalue weighted by Crippen LogP contribution is -2.10. The second-order valence-electron chi connectivity index (χ2n) is 19.8. The highest BCUT2D eigenvalue weighted by Gasteiger charge is 2.34. The molecule has 76 heavy (non-hydrogen) atoms. The van der Waals surface area contributed by atoms with Crippen LogP contribution in [-0.2, 0) is 12.4 Å². The first kappa shape index (κ1) is 48.1. The van der Waals surface area contributed by atoms with Crippen LogP contribution in [0.4, 0.5) is 26.3 Å². The lowest BCUT2D eigenvalue weighted by molar-refractivity contribution is -0.138. The van der Waals surface area contributed by atoms with Crippen LogP contribution >= 0.6 is 0 Å². The number of fused-ring (bicyclic) bond motifs is 6. The van der Waals surface area contributed by atoms with Crippen molar-refractivity contribution in [2.24, 2.45) is 0 Å². The minimum absolute atomic E-state index is 0.00720. The average molecular weight is 1010 g/mol. The van der Waals surface area contributed by atoms with Gasteiger partial charge in [0.1, 0.15) is 0 Å². The first-order valence-corrected chi connectivity index (χ1v) is 24.9. The second-order valence-corrected chi connectivity index (χ2v) is 19.8. The lowest BCUT2D eigenvalue weighted by Gasteiger charge is -2.19. The number of rotatable bonds is 7. The maximum Gasteiger partial charge on any atom is 0.416 e. The van der Waals surface area contributed by atoms with Gasteiger partial charge in [0.2, 0.25) is 0 Å². The van der Waals surface area contributed by atoms with Crippen molar-refractivity contribution in [2.45, 2.75) is 53.9 Å². The van der Waals surface area contributed by atoms with Crippen molar-refractivity contribution in [1.82, 2.24) is 24.1 Å². The number of hydrogen-bond donors (Lipinski definition) is 0. The van der Waals surface area contributed by atoms with Crippen molar-refractivity contribution < 1.29 is 26.3 Å². The zero-order valence-electron chi connectivity index (χ0n) is 42.2. The fourth-order valence-electron chi connectivity index (χ4n) is 11.6. The Hall–Kier alpha value is -8.83. The van der Waals surface area contributed by atoms with Crippen molar-refractivity contribution in [3.05, 3.63) is 220 Å². The quantitative estimate of drug-likeness (QED) is 0.150. The van der Waals surface area contributed by atoms with E-state index < -0.39 is 23.5 Å². The van der Waals surface area contributed by atoms with E-state index in [0.717, 1.165) is 101 Å². The highest BCUT2D eigenvalue weighted by atomic mass is 19.4. The van der Waals surface area contributed by atoms with Crippen LogP contribution < -0.4 is 0 Å². The topological polar surface area (TPSA) is 48.5 Å². The number of aryl methyl sites for hydroxylation is 6. The zero-order valence-corrected chi connectivity index (χ0v) is 42.2. The van der Waals surface area contributed by atoms with Gasteiger partial charge in [-0.3, -0.25) is 0 Å². The Morgan fingerprint density at radius 3 is 1.11 bits per heavy atom. The molecule has 0 aliphatic rings. The summed E-state index contributed by atoms with van der Waals surface area (Å²) < 4.78 is 94.3. The second kappa shape index (κ2) is 17.9. The van der Waals surface area contributed by atoms with E-state index in [1.165, 1.54) is 12.1 Å². The van der Waals surface area contributed by atoms with Gasteiger partial charge in [0.25, 0.3) is 0 Å².